The number of hydrogen-bond acceptors (Lipinski definition) is 2. The van der Waals surface area contributed by atoms with E-state index in [1.54, 1.807) is 0 Å². The van der Waals surface area contributed by atoms with Crippen molar-refractivity contribution < 1.29 is 0 Å². The molecular weight excluding hydrogens is 184 g/mol. The summed E-state index contributed by atoms with van der Waals surface area (Å²) in [4.78, 5) is 2.43. The van der Waals surface area contributed by atoms with E-state index in [9.17, 15) is 0 Å². The summed E-state index contributed by atoms with van der Waals surface area (Å²) in [7, 11) is 0. The van der Waals surface area contributed by atoms with Crippen molar-refractivity contribution >= 4 is 5.69 Å². The Bertz CT molecular complexity index is 278. The van der Waals surface area contributed by atoms with Crippen LogP contribution in [0.15, 0.2) is 24.3 Å². The van der Waals surface area contributed by atoms with Gasteiger partial charge in [0.05, 0.1) is 0 Å². The molecule has 0 saturated carbocycles. The fourth-order valence-corrected chi connectivity index (χ4v) is 1.79. The van der Waals surface area contributed by atoms with Crippen molar-refractivity contribution in [2.45, 2.75) is 33.2 Å². The van der Waals surface area contributed by atoms with E-state index in [0.717, 1.165) is 13.1 Å². The Morgan fingerprint density at radius 3 is 2.33 bits per heavy atom. The molecule has 0 atom stereocenters. The number of nitrogens with two attached hydrogens (primary N) is 1. The summed E-state index contributed by atoms with van der Waals surface area (Å²) in [5, 5.41) is 0. The first-order chi connectivity index (χ1) is 7.31. The third-order valence-corrected chi connectivity index (χ3v) is 2.50. The van der Waals surface area contributed by atoms with Crippen LogP contribution in [0.1, 0.15) is 32.3 Å². The molecule has 0 heterocycles. The van der Waals surface area contributed by atoms with Gasteiger partial charge in [0.15, 0.2) is 0 Å². The Morgan fingerprint density at radius 1 is 1.13 bits per heavy atom. The van der Waals surface area contributed by atoms with Crippen molar-refractivity contribution in [3.8, 4) is 0 Å². The number of nitrogens with zero attached hydrogens (tertiary/aromatic N) is 1. The highest BCUT2D eigenvalue weighted by molar-refractivity contribution is 5.48. The smallest absolute Gasteiger partial charge is 0.0369 e. The van der Waals surface area contributed by atoms with Gasteiger partial charge in [0.25, 0.3) is 0 Å². The Kier molecular flexibility index (Phi) is 5.19. The van der Waals surface area contributed by atoms with Crippen LogP contribution >= 0.6 is 0 Å². The molecule has 0 aliphatic heterocycles. The van der Waals surface area contributed by atoms with Gasteiger partial charge in [-0.25, -0.2) is 0 Å². The highest BCUT2D eigenvalue weighted by Gasteiger charge is 2.04. The highest BCUT2D eigenvalue weighted by Crippen LogP contribution is 2.16. The van der Waals surface area contributed by atoms with E-state index in [4.69, 9.17) is 5.73 Å². The van der Waals surface area contributed by atoms with Crippen molar-refractivity contribution in [2.24, 2.45) is 5.73 Å². The maximum absolute atomic E-state index is 5.65. The standard InChI is InChI=1S/C13H22N2/c1-3-8-15(9-4-2)13-7-5-6-12(10-13)11-14/h5-7,10H,3-4,8-9,11,14H2,1-2H3. The van der Waals surface area contributed by atoms with Gasteiger partial charge in [-0.2, -0.15) is 0 Å². The van der Waals surface area contributed by atoms with E-state index in [0.29, 0.717) is 6.54 Å². The summed E-state index contributed by atoms with van der Waals surface area (Å²) in [5.74, 6) is 0. The average molecular weight is 206 g/mol. The van der Waals surface area contributed by atoms with Gasteiger partial charge in [-0.1, -0.05) is 26.0 Å². The average Bonchev–Trinajstić information content (AvgIpc) is 2.29. The number of hydrogen-bond donors (Lipinski definition) is 1. The zero-order chi connectivity index (χ0) is 11.1. The lowest BCUT2D eigenvalue weighted by Crippen LogP contribution is -2.24. The minimum atomic E-state index is 0.625. The molecule has 0 fully saturated rings. The van der Waals surface area contributed by atoms with Crippen LogP contribution in [0.25, 0.3) is 0 Å². The molecule has 0 spiro atoms. The summed E-state index contributed by atoms with van der Waals surface area (Å²) in [6, 6.07) is 8.55. The van der Waals surface area contributed by atoms with E-state index >= 15 is 0 Å². The minimum Gasteiger partial charge on any atom is -0.372 e. The van der Waals surface area contributed by atoms with Crippen molar-refractivity contribution in [3.05, 3.63) is 29.8 Å². The molecule has 1 aromatic carbocycles. The van der Waals surface area contributed by atoms with Crippen LogP contribution in [-0.4, -0.2) is 13.1 Å². The molecule has 0 saturated heterocycles. The lowest BCUT2D eigenvalue weighted by molar-refractivity contribution is 0.744. The summed E-state index contributed by atoms with van der Waals surface area (Å²) in [5.41, 5.74) is 8.17. The van der Waals surface area contributed by atoms with Crippen molar-refractivity contribution in [2.75, 3.05) is 18.0 Å². The monoisotopic (exact) mass is 206 g/mol. The summed E-state index contributed by atoms with van der Waals surface area (Å²) >= 11 is 0. The number of anilines is 1. The molecule has 15 heavy (non-hydrogen) atoms. The van der Waals surface area contributed by atoms with Gasteiger partial charge in [0.1, 0.15) is 0 Å². The molecular formula is C13H22N2. The van der Waals surface area contributed by atoms with Crippen LogP contribution in [0, 0.1) is 0 Å². The van der Waals surface area contributed by atoms with E-state index in [1.807, 2.05) is 0 Å². The van der Waals surface area contributed by atoms with Gasteiger partial charge in [0.2, 0.25) is 0 Å². The van der Waals surface area contributed by atoms with Crippen LogP contribution in [-0.2, 0) is 6.54 Å². The largest absolute Gasteiger partial charge is 0.372 e. The second kappa shape index (κ2) is 6.46. The first-order valence-corrected chi connectivity index (χ1v) is 5.85. The first-order valence-electron chi connectivity index (χ1n) is 5.85. The first kappa shape index (κ1) is 12.1. The van der Waals surface area contributed by atoms with E-state index in [1.165, 1.54) is 24.1 Å². The van der Waals surface area contributed by atoms with Gasteiger partial charge in [-0.15, -0.1) is 0 Å². The molecule has 1 rings (SSSR count). The lowest BCUT2D eigenvalue weighted by atomic mass is 10.2. The predicted octanol–water partition coefficient (Wildman–Crippen LogP) is 2.77. The molecule has 0 amide bonds. The second-order valence-electron chi connectivity index (χ2n) is 3.86. The van der Waals surface area contributed by atoms with Crippen LogP contribution in [0.5, 0.6) is 0 Å². The van der Waals surface area contributed by atoms with Gasteiger partial charge in [-0.3, -0.25) is 0 Å². The summed E-state index contributed by atoms with van der Waals surface area (Å²) in [6.07, 6.45) is 2.37. The maximum Gasteiger partial charge on any atom is 0.0369 e. The third kappa shape index (κ3) is 3.56. The molecule has 2 heteroatoms. The molecule has 0 radical (unpaired) electrons. The SMILES string of the molecule is CCCN(CCC)c1cccc(CN)c1. The fourth-order valence-electron chi connectivity index (χ4n) is 1.79. The van der Waals surface area contributed by atoms with Crippen molar-refractivity contribution in [1.82, 2.24) is 0 Å². The summed E-state index contributed by atoms with van der Waals surface area (Å²) < 4.78 is 0. The second-order valence-corrected chi connectivity index (χ2v) is 3.86. The number of benzene rings is 1. The van der Waals surface area contributed by atoms with Crippen LogP contribution < -0.4 is 10.6 Å². The third-order valence-electron chi connectivity index (χ3n) is 2.50. The molecule has 84 valence electrons. The Balaban J connectivity index is 2.79. The van der Waals surface area contributed by atoms with Gasteiger partial charge >= 0.3 is 0 Å². The maximum atomic E-state index is 5.65. The van der Waals surface area contributed by atoms with Gasteiger partial charge in [-0.05, 0) is 30.5 Å². The molecule has 0 aromatic heterocycles. The van der Waals surface area contributed by atoms with Crippen molar-refractivity contribution in [3.63, 3.8) is 0 Å². The Labute approximate surface area is 93.1 Å². The zero-order valence-electron chi connectivity index (χ0n) is 9.87. The summed E-state index contributed by atoms with van der Waals surface area (Å²) in [6.45, 7) is 7.31. The molecule has 0 aliphatic carbocycles. The minimum absolute atomic E-state index is 0.625. The lowest BCUT2D eigenvalue weighted by Gasteiger charge is -2.24. The van der Waals surface area contributed by atoms with E-state index < -0.39 is 0 Å². The van der Waals surface area contributed by atoms with E-state index in [2.05, 4.69) is 43.0 Å². The normalized spacial score (nSPS) is 10.3. The predicted molar refractivity (Wildman–Crippen MR) is 67.1 cm³/mol. The molecule has 2 nitrogen and oxygen atoms in total. The molecule has 0 aliphatic rings. The zero-order valence-corrected chi connectivity index (χ0v) is 9.87. The number of rotatable bonds is 6. The van der Waals surface area contributed by atoms with Gasteiger partial charge in [0, 0.05) is 25.3 Å². The molecule has 0 unspecified atom stereocenters. The topological polar surface area (TPSA) is 29.3 Å². The molecule has 0 bridgehead atoms. The van der Waals surface area contributed by atoms with Gasteiger partial charge < -0.3 is 10.6 Å². The van der Waals surface area contributed by atoms with E-state index in [-0.39, 0.29) is 0 Å². The Hall–Kier alpha value is -1.02. The Morgan fingerprint density at radius 2 is 1.80 bits per heavy atom. The van der Waals surface area contributed by atoms with Crippen LogP contribution in [0.2, 0.25) is 0 Å². The molecule has 2 N–H and O–H groups in total. The van der Waals surface area contributed by atoms with Crippen LogP contribution in [0.4, 0.5) is 5.69 Å². The molecule has 1 aromatic rings. The highest BCUT2D eigenvalue weighted by atomic mass is 15.1. The quantitative estimate of drug-likeness (QED) is 0.775. The van der Waals surface area contributed by atoms with Crippen LogP contribution in [0.3, 0.4) is 0 Å². The van der Waals surface area contributed by atoms with Crippen molar-refractivity contribution in [1.29, 1.82) is 0 Å². The fraction of sp³-hybridized carbons (Fsp3) is 0.538.